The van der Waals surface area contributed by atoms with E-state index in [1.54, 1.807) is 6.08 Å². The van der Waals surface area contributed by atoms with E-state index in [1.807, 2.05) is 6.08 Å². The number of aliphatic hydroxyl groups excluding tert-OH is 5. The van der Waals surface area contributed by atoms with Gasteiger partial charge >= 0.3 is 0 Å². The largest absolute Gasteiger partial charge is 0.394 e. The molecule has 1 fully saturated rings. The molecule has 1 aliphatic heterocycles. The molecule has 8 atom stereocenters. The van der Waals surface area contributed by atoms with Crippen molar-refractivity contribution < 1.29 is 39.8 Å². The molecule has 0 aliphatic carbocycles. The third-order valence-electron chi connectivity index (χ3n) is 11.8. The van der Waals surface area contributed by atoms with Crippen LogP contribution < -0.4 is 5.32 Å². The van der Waals surface area contributed by atoms with Gasteiger partial charge in [-0.05, 0) is 44.4 Å². The van der Waals surface area contributed by atoms with Crippen LogP contribution in [-0.2, 0) is 14.3 Å². The Kier molecular flexibility index (Phi) is 35.5. The summed E-state index contributed by atoms with van der Waals surface area (Å²) in [6.45, 7) is 6.10. The van der Waals surface area contributed by atoms with Gasteiger partial charge in [-0.1, -0.05) is 193 Å². The predicted molar refractivity (Wildman–Crippen MR) is 235 cm³/mol. The van der Waals surface area contributed by atoms with E-state index in [1.165, 1.54) is 148 Å². The molecule has 0 bridgehead atoms. The highest BCUT2D eigenvalue weighted by Crippen LogP contribution is 2.23. The Labute approximate surface area is 349 Å². The third kappa shape index (κ3) is 28.7. The molecular formula is C48H91NO8. The molecule has 1 heterocycles. The van der Waals surface area contributed by atoms with Crippen molar-refractivity contribution in [2.45, 2.75) is 256 Å². The summed E-state index contributed by atoms with van der Waals surface area (Å²) in [6, 6.07) is -0.818. The first kappa shape index (κ1) is 53.7. The quantitative estimate of drug-likeness (QED) is 0.0266. The molecule has 1 rings (SSSR count). The Balaban J connectivity index is 2.32. The minimum atomic E-state index is -1.57. The van der Waals surface area contributed by atoms with Gasteiger partial charge in [0.15, 0.2) is 6.29 Å². The zero-order valence-corrected chi connectivity index (χ0v) is 37.0. The molecule has 0 spiro atoms. The zero-order chi connectivity index (χ0) is 41.8. The maximum Gasteiger partial charge on any atom is 0.220 e. The number of hydrogen-bond donors (Lipinski definition) is 6. The fourth-order valence-corrected chi connectivity index (χ4v) is 7.55. The van der Waals surface area contributed by atoms with Gasteiger partial charge in [-0.25, -0.2) is 0 Å². The van der Waals surface area contributed by atoms with Gasteiger partial charge in [-0.2, -0.15) is 0 Å². The normalized spacial score (nSPS) is 21.7. The van der Waals surface area contributed by atoms with Crippen molar-refractivity contribution in [3.8, 4) is 0 Å². The number of aliphatic hydroxyl groups is 5. The number of unbranched alkanes of at least 4 members (excludes halogenated alkanes) is 24. The lowest BCUT2D eigenvalue weighted by molar-refractivity contribution is -0.302. The maximum atomic E-state index is 12.9. The number of allylic oxidation sites excluding steroid dienone is 3. The molecular weight excluding hydrogens is 719 g/mol. The number of carbonyl (C=O) groups excluding carboxylic acids is 1. The molecule has 0 saturated carbocycles. The molecule has 0 aromatic rings. The average molecular weight is 810 g/mol. The van der Waals surface area contributed by atoms with Crippen LogP contribution in [0.1, 0.15) is 213 Å². The van der Waals surface area contributed by atoms with Gasteiger partial charge in [-0.3, -0.25) is 4.79 Å². The highest BCUT2D eigenvalue weighted by Gasteiger charge is 2.44. The molecule has 336 valence electrons. The summed E-state index contributed by atoms with van der Waals surface area (Å²) < 4.78 is 11.2. The van der Waals surface area contributed by atoms with Crippen LogP contribution in [0.4, 0.5) is 0 Å². The Bertz CT molecular complexity index is 961. The molecule has 57 heavy (non-hydrogen) atoms. The van der Waals surface area contributed by atoms with E-state index in [9.17, 15) is 30.3 Å². The van der Waals surface area contributed by atoms with Gasteiger partial charge in [0, 0.05) is 6.42 Å². The van der Waals surface area contributed by atoms with Crippen molar-refractivity contribution in [2.75, 3.05) is 13.2 Å². The van der Waals surface area contributed by atoms with Crippen LogP contribution >= 0.6 is 0 Å². The summed E-state index contributed by atoms with van der Waals surface area (Å²) in [6.07, 6.45) is 36.6. The van der Waals surface area contributed by atoms with Gasteiger partial charge in [0.2, 0.25) is 5.91 Å². The second kappa shape index (κ2) is 37.7. The average Bonchev–Trinajstić information content (AvgIpc) is 3.21. The van der Waals surface area contributed by atoms with Crippen LogP contribution in [-0.4, -0.2) is 87.5 Å². The number of amides is 1. The number of hydrogen-bond acceptors (Lipinski definition) is 8. The first-order valence-corrected chi connectivity index (χ1v) is 24.0. The molecule has 9 nitrogen and oxygen atoms in total. The Morgan fingerprint density at radius 3 is 1.63 bits per heavy atom. The lowest BCUT2D eigenvalue weighted by Gasteiger charge is -2.40. The van der Waals surface area contributed by atoms with Crippen LogP contribution in [0.15, 0.2) is 24.3 Å². The molecule has 1 unspecified atom stereocenters. The minimum Gasteiger partial charge on any atom is -0.394 e. The molecule has 6 N–H and O–H groups in total. The van der Waals surface area contributed by atoms with Gasteiger partial charge < -0.3 is 40.3 Å². The van der Waals surface area contributed by atoms with Crippen LogP contribution in [0.3, 0.4) is 0 Å². The fraction of sp³-hybridized carbons (Fsp3) is 0.896. The highest BCUT2D eigenvalue weighted by molar-refractivity contribution is 5.76. The maximum absolute atomic E-state index is 12.9. The standard InChI is InChI=1S/C48H91NO8/c1-4-6-7-8-9-10-11-12-13-14-15-16-17-18-19-20-21-25-28-31-34-37-44(52)49-41(39-56-48-47(55)46(54)45(53)43(38-50)57-48)42(51)36-33-30-27-24-22-23-26-29-32-35-40(3)5-2/h25,28,33,36,40-43,45-48,50-51,53-55H,4-24,26-27,29-32,34-35,37-39H2,1-3H3,(H,49,52)/b28-25?,36-33+/t40?,41-,42+,43+,45+,46-,47+,48+/m0/s1. The zero-order valence-electron chi connectivity index (χ0n) is 37.0. The Morgan fingerprint density at radius 1 is 0.649 bits per heavy atom. The van der Waals surface area contributed by atoms with Gasteiger partial charge in [-0.15, -0.1) is 0 Å². The third-order valence-corrected chi connectivity index (χ3v) is 11.8. The molecule has 1 saturated heterocycles. The summed E-state index contributed by atoms with van der Waals surface area (Å²) in [4.78, 5) is 12.9. The summed E-state index contributed by atoms with van der Waals surface area (Å²) >= 11 is 0. The van der Waals surface area contributed by atoms with E-state index in [4.69, 9.17) is 9.47 Å². The monoisotopic (exact) mass is 810 g/mol. The Hall–Kier alpha value is -1.33. The Morgan fingerprint density at radius 2 is 1.12 bits per heavy atom. The van der Waals surface area contributed by atoms with E-state index >= 15 is 0 Å². The predicted octanol–water partition coefficient (Wildman–Crippen LogP) is 10.1. The number of ether oxygens (including phenoxy) is 2. The summed E-state index contributed by atoms with van der Waals surface area (Å²) in [7, 11) is 0. The van der Waals surface area contributed by atoms with E-state index < -0.39 is 49.5 Å². The highest BCUT2D eigenvalue weighted by atomic mass is 16.7. The van der Waals surface area contributed by atoms with E-state index in [0.29, 0.717) is 12.8 Å². The smallest absolute Gasteiger partial charge is 0.220 e. The number of rotatable bonds is 39. The minimum absolute atomic E-state index is 0.198. The van der Waals surface area contributed by atoms with Crippen molar-refractivity contribution in [2.24, 2.45) is 5.92 Å². The molecule has 1 amide bonds. The number of nitrogens with one attached hydrogen (secondary N) is 1. The van der Waals surface area contributed by atoms with Gasteiger partial charge in [0.1, 0.15) is 24.4 Å². The summed E-state index contributed by atoms with van der Waals surface area (Å²) in [5, 5.41) is 54.2. The first-order chi connectivity index (χ1) is 27.7. The van der Waals surface area contributed by atoms with Crippen LogP contribution in [0.5, 0.6) is 0 Å². The van der Waals surface area contributed by atoms with Crippen molar-refractivity contribution in [3.05, 3.63) is 24.3 Å². The lowest BCUT2D eigenvalue weighted by Crippen LogP contribution is -2.60. The number of carbonyl (C=O) groups is 1. The lowest BCUT2D eigenvalue weighted by atomic mass is 9.99. The van der Waals surface area contributed by atoms with Crippen molar-refractivity contribution in [1.29, 1.82) is 0 Å². The molecule has 0 aromatic carbocycles. The van der Waals surface area contributed by atoms with E-state index in [-0.39, 0.29) is 12.5 Å². The second-order valence-electron chi connectivity index (χ2n) is 17.1. The van der Waals surface area contributed by atoms with E-state index in [0.717, 1.165) is 38.0 Å². The topological polar surface area (TPSA) is 149 Å². The van der Waals surface area contributed by atoms with Crippen LogP contribution in [0.25, 0.3) is 0 Å². The van der Waals surface area contributed by atoms with E-state index in [2.05, 4.69) is 38.2 Å². The van der Waals surface area contributed by atoms with Crippen molar-refractivity contribution in [1.82, 2.24) is 5.32 Å². The molecule has 0 aromatic heterocycles. The fourth-order valence-electron chi connectivity index (χ4n) is 7.55. The molecule has 1 aliphatic rings. The van der Waals surface area contributed by atoms with Gasteiger partial charge in [0.05, 0.1) is 25.4 Å². The van der Waals surface area contributed by atoms with Crippen LogP contribution in [0, 0.1) is 5.92 Å². The summed E-state index contributed by atoms with van der Waals surface area (Å²) in [5.74, 6) is 0.620. The van der Waals surface area contributed by atoms with Gasteiger partial charge in [0.25, 0.3) is 0 Å². The van der Waals surface area contributed by atoms with Crippen molar-refractivity contribution >= 4 is 5.91 Å². The first-order valence-electron chi connectivity index (χ1n) is 24.0. The second-order valence-corrected chi connectivity index (χ2v) is 17.1. The van der Waals surface area contributed by atoms with Crippen molar-refractivity contribution in [3.63, 3.8) is 0 Å². The SMILES string of the molecule is CCCCCCCCCCCCCCCCCCC=CCCCC(=O)N[C@@H](CO[C@@H]1O[C@H](CO)[C@@H](O)[C@H](O)[C@H]1O)[C@H](O)/C=C/CCCCCCCCCC(C)CC. The molecule has 0 radical (unpaired) electrons. The summed E-state index contributed by atoms with van der Waals surface area (Å²) in [5.41, 5.74) is 0. The van der Waals surface area contributed by atoms with Crippen LogP contribution in [0.2, 0.25) is 0 Å². The molecule has 9 heteroatoms.